The van der Waals surface area contributed by atoms with Crippen LogP contribution in [0.15, 0.2) is 0 Å². The highest BCUT2D eigenvalue weighted by atomic mass is 31.2. The number of rotatable bonds is 5. The van der Waals surface area contributed by atoms with Crippen molar-refractivity contribution in [2.24, 2.45) is 0 Å². The van der Waals surface area contributed by atoms with Crippen LogP contribution in [0.3, 0.4) is 0 Å². The van der Waals surface area contributed by atoms with Crippen molar-refractivity contribution in [2.45, 2.75) is 13.8 Å². The minimum atomic E-state index is -3.08. The molecule has 0 aromatic rings. The lowest BCUT2D eigenvalue weighted by molar-refractivity contribution is 0.223. The molecule has 0 aliphatic carbocycles. The Bertz CT molecular complexity index is 177. The quantitative estimate of drug-likeness (QED) is 0.603. The maximum absolute atomic E-state index is 11.3. The van der Waals surface area contributed by atoms with E-state index in [1.807, 2.05) is 0 Å². The van der Waals surface area contributed by atoms with E-state index in [-0.39, 0.29) is 6.16 Å². The first kappa shape index (κ1) is 10.6. The molecule has 0 rings (SSSR count). The highest BCUT2D eigenvalue weighted by molar-refractivity contribution is 7.54. The lowest BCUT2D eigenvalue weighted by Gasteiger charge is -2.12. The first-order valence-corrected chi connectivity index (χ1v) is 5.16. The van der Waals surface area contributed by atoms with Crippen LogP contribution in [0, 0.1) is 11.3 Å². The van der Waals surface area contributed by atoms with Gasteiger partial charge in [0.1, 0.15) is 6.16 Å². The van der Waals surface area contributed by atoms with Crippen LogP contribution in [0.1, 0.15) is 13.8 Å². The lowest BCUT2D eigenvalue weighted by atomic mass is 10.9. The maximum Gasteiger partial charge on any atom is 0.344 e. The van der Waals surface area contributed by atoms with E-state index < -0.39 is 7.60 Å². The van der Waals surface area contributed by atoms with Crippen molar-refractivity contribution in [1.82, 2.24) is 0 Å². The van der Waals surface area contributed by atoms with E-state index in [0.29, 0.717) is 13.2 Å². The van der Waals surface area contributed by atoms with Crippen LogP contribution in [0.5, 0.6) is 0 Å². The van der Waals surface area contributed by atoms with E-state index in [1.54, 1.807) is 19.9 Å². The van der Waals surface area contributed by atoms with Gasteiger partial charge in [-0.2, -0.15) is 5.26 Å². The van der Waals surface area contributed by atoms with Crippen LogP contribution in [0.25, 0.3) is 0 Å². The fourth-order valence-electron chi connectivity index (χ4n) is 0.609. The van der Waals surface area contributed by atoms with Gasteiger partial charge in [0.15, 0.2) is 0 Å². The van der Waals surface area contributed by atoms with E-state index in [4.69, 9.17) is 14.3 Å². The Morgan fingerprint density at radius 3 is 2.09 bits per heavy atom. The molecule has 0 amide bonds. The third kappa shape index (κ3) is 4.15. The number of hydrogen-bond acceptors (Lipinski definition) is 4. The van der Waals surface area contributed by atoms with Crippen molar-refractivity contribution in [2.75, 3.05) is 19.4 Å². The monoisotopic (exact) mass is 179 g/mol. The van der Waals surface area contributed by atoms with Gasteiger partial charge in [0.25, 0.3) is 0 Å². The van der Waals surface area contributed by atoms with Crippen molar-refractivity contribution < 1.29 is 13.6 Å². The molecule has 4 nitrogen and oxygen atoms in total. The van der Waals surface area contributed by atoms with E-state index in [0.717, 1.165) is 0 Å². The zero-order valence-electron chi connectivity index (χ0n) is 6.74. The van der Waals surface area contributed by atoms with Gasteiger partial charge in [0, 0.05) is 0 Å². The molecule has 0 heterocycles. The van der Waals surface area contributed by atoms with Gasteiger partial charge in [-0.05, 0) is 13.8 Å². The van der Waals surface area contributed by atoms with Crippen LogP contribution in [0.2, 0.25) is 0 Å². The predicted octanol–water partition coefficient (Wildman–Crippen LogP) is 1.78. The minimum Gasteiger partial charge on any atom is -0.308 e. The summed E-state index contributed by atoms with van der Waals surface area (Å²) in [5.41, 5.74) is 0. The average Bonchev–Trinajstić information content (AvgIpc) is 1.88. The fourth-order valence-corrected chi connectivity index (χ4v) is 1.83. The summed E-state index contributed by atoms with van der Waals surface area (Å²) in [7, 11) is -3.08. The second kappa shape index (κ2) is 5.31. The molecule has 0 spiro atoms. The van der Waals surface area contributed by atoms with Crippen molar-refractivity contribution in [3.05, 3.63) is 0 Å². The molecule has 0 N–H and O–H groups in total. The van der Waals surface area contributed by atoms with E-state index in [9.17, 15) is 4.57 Å². The van der Waals surface area contributed by atoms with Gasteiger partial charge in [0.05, 0.1) is 19.3 Å². The standard InChI is InChI=1S/C6H12NO3P/c1-3-9-11(8,6-5-7)10-4-2/h3-4,6H2,1-2H3/i5+2. The summed E-state index contributed by atoms with van der Waals surface area (Å²) < 4.78 is 21.0. The smallest absolute Gasteiger partial charge is 0.308 e. The van der Waals surface area contributed by atoms with Gasteiger partial charge in [-0.3, -0.25) is 4.57 Å². The Morgan fingerprint density at radius 1 is 1.36 bits per heavy atom. The van der Waals surface area contributed by atoms with Crippen molar-refractivity contribution in [3.8, 4) is 6.07 Å². The highest BCUT2D eigenvalue weighted by Crippen LogP contribution is 2.47. The maximum atomic E-state index is 11.3. The molecule has 5 heteroatoms. The van der Waals surface area contributed by atoms with Gasteiger partial charge in [0.2, 0.25) is 0 Å². The second-order valence-electron chi connectivity index (χ2n) is 1.76. The minimum absolute atomic E-state index is 0.172. The molecule has 0 aromatic carbocycles. The van der Waals surface area contributed by atoms with E-state index in [1.165, 1.54) is 0 Å². The zero-order chi connectivity index (χ0) is 8.74. The third-order valence-corrected chi connectivity index (χ3v) is 2.75. The molecule has 0 bridgehead atoms. The normalized spacial score (nSPS) is 11.0. The van der Waals surface area contributed by atoms with Gasteiger partial charge in [-0.25, -0.2) is 0 Å². The summed E-state index contributed by atoms with van der Waals surface area (Å²) in [5.74, 6) is 0. The molecule has 0 aliphatic heterocycles. The van der Waals surface area contributed by atoms with Gasteiger partial charge < -0.3 is 9.05 Å². The first-order valence-electron chi connectivity index (χ1n) is 3.43. The molecule has 11 heavy (non-hydrogen) atoms. The molecule has 64 valence electrons. The van der Waals surface area contributed by atoms with Crippen molar-refractivity contribution in [3.63, 3.8) is 0 Å². The van der Waals surface area contributed by atoms with Crippen LogP contribution in [0.4, 0.5) is 0 Å². The number of nitrogens with zero attached hydrogens (tertiary/aromatic N) is 1. The first-order chi connectivity index (χ1) is 5.18. The topological polar surface area (TPSA) is 59.3 Å². The largest absolute Gasteiger partial charge is 0.344 e. The molecular formula is C6H12NO3P. The summed E-state index contributed by atoms with van der Waals surface area (Å²) in [6.07, 6.45) is -0.172. The lowest BCUT2D eigenvalue weighted by Crippen LogP contribution is -1.98. The molecule has 0 atom stereocenters. The van der Waals surface area contributed by atoms with Crippen molar-refractivity contribution >= 4 is 7.60 Å². The molecule has 0 saturated heterocycles. The Hall–Kier alpha value is -0.360. The number of nitriles is 1. The fraction of sp³-hybridized carbons (Fsp3) is 0.833. The highest BCUT2D eigenvalue weighted by Gasteiger charge is 2.22. The third-order valence-electron chi connectivity index (χ3n) is 0.916. The molecule has 0 unspecified atom stereocenters. The van der Waals surface area contributed by atoms with E-state index >= 15 is 0 Å². The summed E-state index contributed by atoms with van der Waals surface area (Å²) >= 11 is 0. The Labute approximate surface area is 66.6 Å². The molecule has 0 aliphatic rings. The second-order valence-corrected chi connectivity index (χ2v) is 3.82. The van der Waals surface area contributed by atoms with Crippen LogP contribution < -0.4 is 0 Å². The molecule has 0 radical (unpaired) electrons. The van der Waals surface area contributed by atoms with Gasteiger partial charge in [-0.1, -0.05) is 0 Å². The van der Waals surface area contributed by atoms with Crippen LogP contribution >= 0.6 is 7.60 Å². The Morgan fingerprint density at radius 2 is 1.82 bits per heavy atom. The summed E-state index contributed by atoms with van der Waals surface area (Å²) in [5, 5.41) is 8.27. The molecular weight excluding hydrogens is 167 g/mol. The molecule has 0 aromatic heterocycles. The van der Waals surface area contributed by atoms with Crippen LogP contribution in [-0.2, 0) is 13.6 Å². The van der Waals surface area contributed by atoms with Crippen LogP contribution in [-0.4, -0.2) is 19.4 Å². The zero-order valence-corrected chi connectivity index (χ0v) is 7.63. The molecule has 0 saturated carbocycles. The van der Waals surface area contributed by atoms with E-state index in [2.05, 4.69) is 0 Å². The Balaban J connectivity index is 4.04. The molecule has 0 fully saturated rings. The van der Waals surface area contributed by atoms with Crippen molar-refractivity contribution in [1.29, 1.82) is 5.26 Å². The average molecular weight is 179 g/mol. The van der Waals surface area contributed by atoms with Gasteiger partial charge in [-0.15, -0.1) is 0 Å². The summed E-state index contributed by atoms with van der Waals surface area (Å²) in [4.78, 5) is 0. The Kier molecular flexibility index (Phi) is 5.14. The van der Waals surface area contributed by atoms with Gasteiger partial charge >= 0.3 is 7.60 Å². The predicted molar refractivity (Wildman–Crippen MR) is 41.3 cm³/mol. The SMILES string of the molecule is CCOP(=O)(C[14C]#N)OCC. The summed E-state index contributed by atoms with van der Waals surface area (Å²) in [6, 6.07) is 1.76. The summed E-state index contributed by atoms with van der Waals surface area (Å²) in [6.45, 7) is 4.03. The number of hydrogen-bond donors (Lipinski definition) is 0.